The van der Waals surface area contributed by atoms with Crippen LogP contribution in [-0.2, 0) is 5.41 Å². The van der Waals surface area contributed by atoms with E-state index in [-0.39, 0.29) is 29.3 Å². The lowest BCUT2D eigenvalue weighted by Gasteiger charge is -2.37. The summed E-state index contributed by atoms with van der Waals surface area (Å²) in [5.41, 5.74) is 9.34. The summed E-state index contributed by atoms with van der Waals surface area (Å²) >= 11 is 0. The lowest BCUT2D eigenvalue weighted by molar-refractivity contribution is -0.148. The number of nitrogens with zero attached hydrogens (tertiary/aromatic N) is 3. The number of nitrogens with one attached hydrogen (secondary N) is 1. The smallest absolute Gasteiger partial charge is 0.393 e. The van der Waals surface area contributed by atoms with Gasteiger partial charge in [0.25, 0.3) is 5.91 Å². The standard InChI is InChI=1S/C31H42F3N5O2/c1-20-17-39(25-11-13-38(14-12-25)19-31(32,33)34)18-30(20,2)23-5-3-21(4-6-23)22-15-27(28(35)36-16-22)29(41)37-24-7-9-26(40)10-8-24/h3-6,15-16,20,24-26,40H,7-14,17-19H2,1-2H3,(H2,35,36)(H,37,41)/t20-,24?,26?,30-/m1/s1. The molecule has 224 valence electrons. The maximum Gasteiger partial charge on any atom is 0.401 e. The van der Waals surface area contributed by atoms with E-state index in [1.807, 2.05) is 0 Å². The van der Waals surface area contributed by atoms with Crippen molar-refractivity contribution in [2.45, 2.75) is 82.2 Å². The van der Waals surface area contributed by atoms with Gasteiger partial charge in [-0.05, 0) is 74.7 Å². The summed E-state index contributed by atoms with van der Waals surface area (Å²) in [6.07, 6.45) is 1.63. The van der Waals surface area contributed by atoms with E-state index >= 15 is 0 Å². The number of benzene rings is 1. The number of carbonyl (C=O) groups is 1. The SMILES string of the molecule is C[C@@H]1CN(C2CCN(CC(F)(F)F)CC2)C[C@@]1(C)c1ccc(-c2cnc(N)c(C(=O)NC3CCC(O)CC3)c2)cc1. The molecule has 7 nitrogen and oxygen atoms in total. The molecular formula is C31H42F3N5O2. The van der Waals surface area contributed by atoms with Gasteiger partial charge in [-0.1, -0.05) is 38.1 Å². The number of hydrogen-bond donors (Lipinski definition) is 3. The van der Waals surface area contributed by atoms with Crippen LogP contribution in [0, 0.1) is 5.92 Å². The second-order valence-electron chi connectivity index (χ2n) is 12.6. The highest BCUT2D eigenvalue weighted by molar-refractivity contribution is 5.99. The van der Waals surface area contributed by atoms with Crippen LogP contribution in [0.1, 0.15) is 68.3 Å². The molecule has 1 aromatic carbocycles. The van der Waals surface area contributed by atoms with Gasteiger partial charge in [0.15, 0.2) is 0 Å². The number of aromatic nitrogens is 1. The first-order valence-corrected chi connectivity index (χ1v) is 14.8. The van der Waals surface area contributed by atoms with Crippen LogP contribution in [0.25, 0.3) is 11.1 Å². The van der Waals surface area contributed by atoms with Gasteiger partial charge < -0.3 is 16.2 Å². The average molecular weight is 574 g/mol. The van der Waals surface area contributed by atoms with Crippen molar-refractivity contribution in [2.75, 3.05) is 38.5 Å². The third kappa shape index (κ3) is 6.87. The molecule has 0 spiro atoms. The summed E-state index contributed by atoms with van der Waals surface area (Å²) in [5, 5.41) is 12.8. The van der Waals surface area contributed by atoms with Crippen LogP contribution in [0.5, 0.6) is 0 Å². The summed E-state index contributed by atoms with van der Waals surface area (Å²) in [5.74, 6) is 0.345. The number of carbonyl (C=O) groups excluding carboxylic acids is 1. The quantitative estimate of drug-likeness (QED) is 0.468. The fourth-order valence-electron chi connectivity index (χ4n) is 6.89. The molecule has 10 heteroatoms. The summed E-state index contributed by atoms with van der Waals surface area (Å²) in [6.45, 7) is 6.50. The van der Waals surface area contributed by atoms with Crippen LogP contribution < -0.4 is 11.1 Å². The first-order chi connectivity index (χ1) is 19.4. The number of pyridine rings is 1. The third-order valence-electron chi connectivity index (χ3n) is 9.68. The monoisotopic (exact) mass is 573 g/mol. The zero-order chi connectivity index (χ0) is 29.4. The predicted octanol–water partition coefficient (Wildman–Crippen LogP) is 4.60. The molecule has 0 unspecified atom stereocenters. The molecule has 5 rings (SSSR count). The lowest BCUT2D eigenvalue weighted by atomic mass is 9.75. The minimum Gasteiger partial charge on any atom is -0.393 e. The highest BCUT2D eigenvalue weighted by atomic mass is 19.4. The van der Waals surface area contributed by atoms with E-state index in [4.69, 9.17) is 5.73 Å². The lowest BCUT2D eigenvalue weighted by Crippen LogP contribution is -2.47. The zero-order valence-corrected chi connectivity index (χ0v) is 24.0. The first kappa shape index (κ1) is 29.8. The van der Waals surface area contributed by atoms with Gasteiger partial charge in [0.2, 0.25) is 0 Å². The molecule has 2 atom stereocenters. The van der Waals surface area contributed by atoms with Gasteiger partial charge in [0.05, 0.1) is 18.2 Å². The van der Waals surface area contributed by atoms with Crippen molar-refractivity contribution >= 4 is 11.7 Å². The average Bonchev–Trinajstić information content (AvgIpc) is 3.25. The molecule has 4 N–H and O–H groups in total. The fourth-order valence-corrected chi connectivity index (χ4v) is 6.89. The number of alkyl halides is 3. The Morgan fingerprint density at radius 1 is 1.10 bits per heavy atom. The highest BCUT2D eigenvalue weighted by Gasteiger charge is 2.44. The van der Waals surface area contributed by atoms with E-state index in [9.17, 15) is 23.1 Å². The number of aliphatic hydroxyl groups is 1. The van der Waals surface area contributed by atoms with Gasteiger partial charge in [-0.15, -0.1) is 0 Å². The maximum atomic E-state index is 13.0. The minimum absolute atomic E-state index is 0.0226. The molecule has 3 aliphatic rings. The molecule has 1 aliphatic carbocycles. The molecule has 0 bridgehead atoms. The van der Waals surface area contributed by atoms with Crippen molar-refractivity contribution in [2.24, 2.45) is 5.92 Å². The Hall–Kier alpha value is -2.69. The molecule has 1 saturated carbocycles. The highest BCUT2D eigenvalue weighted by Crippen LogP contribution is 2.41. The first-order valence-electron chi connectivity index (χ1n) is 14.8. The maximum absolute atomic E-state index is 13.0. The van der Waals surface area contributed by atoms with Crippen LogP contribution in [0.4, 0.5) is 19.0 Å². The normalized spacial score (nSPS) is 28.6. The molecule has 3 fully saturated rings. The van der Waals surface area contributed by atoms with Crippen LogP contribution in [-0.4, -0.2) is 82.9 Å². The van der Waals surface area contributed by atoms with E-state index in [0.717, 1.165) is 49.9 Å². The van der Waals surface area contributed by atoms with Gasteiger partial charge in [-0.3, -0.25) is 14.6 Å². The number of anilines is 1. The summed E-state index contributed by atoms with van der Waals surface area (Å²) in [4.78, 5) is 21.3. The second kappa shape index (κ2) is 11.9. The van der Waals surface area contributed by atoms with Crippen LogP contribution >= 0.6 is 0 Å². The summed E-state index contributed by atoms with van der Waals surface area (Å²) < 4.78 is 38.4. The molecule has 2 aliphatic heterocycles. The van der Waals surface area contributed by atoms with Crippen LogP contribution in [0.2, 0.25) is 0 Å². The van der Waals surface area contributed by atoms with E-state index < -0.39 is 12.7 Å². The van der Waals surface area contributed by atoms with E-state index in [1.165, 1.54) is 10.5 Å². The Kier molecular flexibility index (Phi) is 8.64. The molecule has 3 heterocycles. The number of amides is 1. The predicted molar refractivity (Wildman–Crippen MR) is 153 cm³/mol. The summed E-state index contributed by atoms with van der Waals surface area (Å²) in [7, 11) is 0. The number of hydrogen-bond acceptors (Lipinski definition) is 6. The minimum atomic E-state index is -4.14. The van der Waals surface area contributed by atoms with E-state index in [2.05, 4.69) is 53.3 Å². The Balaban J connectivity index is 1.23. The zero-order valence-electron chi connectivity index (χ0n) is 24.0. The van der Waals surface area contributed by atoms with Crippen molar-refractivity contribution < 1.29 is 23.1 Å². The van der Waals surface area contributed by atoms with Gasteiger partial charge in [0, 0.05) is 42.3 Å². The van der Waals surface area contributed by atoms with Gasteiger partial charge >= 0.3 is 6.18 Å². The molecular weight excluding hydrogens is 531 g/mol. The summed E-state index contributed by atoms with van der Waals surface area (Å²) in [6, 6.07) is 10.5. The van der Waals surface area contributed by atoms with Crippen LogP contribution in [0.15, 0.2) is 36.5 Å². The van der Waals surface area contributed by atoms with E-state index in [0.29, 0.717) is 43.5 Å². The van der Waals surface area contributed by atoms with Crippen molar-refractivity contribution in [1.29, 1.82) is 0 Å². The van der Waals surface area contributed by atoms with Gasteiger partial charge in [0.1, 0.15) is 5.82 Å². The number of rotatable bonds is 6. The molecule has 0 radical (unpaired) electrons. The van der Waals surface area contributed by atoms with Crippen molar-refractivity contribution in [3.8, 4) is 11.1 Å². The Bertz CT molecular complexity index is 1210. The second-order valence-corrected chi connectivity index (χ2v) is 12.6. The molecule has 1 aromatic heterocycles. The van der Waals surface area contributed by atoms with Crippen molar-refractivity contribution in [3.05, 3.63) is 47.7 Å². The van der Waals surface area contributed by atoms with E-state index in [1.54, 1.807) is 12.3 Å². The molecule has 2 aromatic rings. The Morgan fingerprint density at radius 2 is 1.76 bits per heavy atom. The largest absolute Gasteiger partial charge is 0.401 e. The molecule has 2 saturated heterocycles. The molecule has 1 amide bonds. The van der Waals surface area contributed by atoms with Crippen LogP contribution in [0.3, 0.4) is 0 Å². The fraction of sp³-hybridized carbons (Fsp3) is 0.613. The number of likely N-dealkylation sites (tertiary alicyclic amines) is 2. The van der Waals surface area contributed by atoms with Crippen molar-refractivity contribution in [1.82, 2.24) is 20.1 Å². The van der Waals surface area contributed by atoms with Gasteiger partial charge in [-0.25, -0.2) is 4.98 Å². The van der Waals surface area contributed by atoms with Gasteiger partial charge in [-0.2, -0.15) is 13.2 Å². The number of aliphatic hydroxyl groups excluding tert-OH is 1. The third-order valence-corrected chi connectivity index (χ3v) is 9.68. The number of halogens is 3. The topological polar surface area (TPSA) is 94.7 Å². The Labute approximate surface area is 240 Å². The number of piperidine rings is 1. The molecule has 41 heavy (non-hydrogen) atoms. The van der Waals surface area contributed by atoms with Crippen molar-refractivity contribution in [3.63, 3.8) is 0 Å². The number of nitrogen functional groups attached to an aromatic ring is 1. The Morgan fingerprint density at radius 3 is 2.39 bits per heavy atom. The number of nitrogens with two attached hydrogens (primary N) is 1.